The second-order valence-electron chi connectivity index (χ2n) is 6.39. The van der Waals surface area contributed by atoms with Gasteiger partial charge in [0.1, 0.15) is 6.17 Å². The van der Waals surface area contributed by atoms with Crippen molar-refractivity contribution in [2.75, 3.05) is 5.32 Å². The smallest absolute Gasteiger partial charge is 0.252 e. The second-order valence-corrected chi connectivity index (χ2v) is 6.39. The molecule has 0 aromatic carbocycles. The molecule has 0 bridgehead atoms. The highest BCUT2D eigenvalue weighted by Crippen LogP contribution is 2.32. The first kappa shape index (κ1) is 15.6. The number of carbonyl (C=O) groups excluding carboxylic acids is 1. The number of halogens is 1. The van der Waals surface area contributed by atoms with Crippen LogP contribution in [-0.2, 0) is 7.05 Å². The number of nitrogens with one attached hydrogen (secondary N) is 1. The van der Waals surface area contributed by atoms with E-state index in [1.807, 2.05) is 25.4 Å². The number of nitrogens with two attached hydrogens (primary N) is 1. The second kappa shape index (κ2) is 5.87. The van der Waals surface area contributed by atoms with Gasteiger partial charge in [0.2, 0.25) is 0 Å². The lowest BCUT2D eigenvalue weighted by molar-refractivity contribution is 0.100. The Morgan fingerprint density at radius 3 is 2.88 bits per heavy atom. The maximum absolute atomic E-state index is 14.1. The average molecular weight is 342 g/mol. The molecule has 4 rings (SSSR count). The summed E-state index contributed by atoms with van der Waals surface area (Å²) in [6, 6.07) is 3.48. The summed E-state index contributed by atoms with van der Waals surface area (Å²) < 4.78 is 17.5. The van der Waals surface area contributed by atoms with Crippen molar-refractivity contribution < 1.29 is 9.18 Å². The summed E-state index contributed by atoms with van der Waals surface area (Å²) in [5.41, 5.74) is 8.81. The van der Waals surface area contributed by atoms with E-state index < -0.39 is 12.1 Å². The van der Waals surface area contributed by atoms with Gasteiger partial charge >= 0.3 is 0 Å². The van der Waals surface area contributed by atoms with Crippen LogP contribution in [0.25, 0.3) is 16.8 Å². The molecule has 3 aromatic rings. The summed E-state index contributed by atoms with van der Waals surface area (Å²) in [6.07, 6.45) is 6.14. The van der Waals surface area contributed by atoms with E-state index in [2.05, 4.69) is 15.5 Å². The Morgan fingerprint density at radius 2 is 2.24 bits per heavy atom. The minimum Gasteiger partial charge on any atom is -0.377 e. The van der Waals surface area contributed by atoms with Crippen molar-refractivity contribution in [3.05, 3.63) is 36.3 Å². The van der Waals surface area contributed by atoms with Crippen LogP contribution in [-0.4, -0.2) is 37.5 Å². The van der Waals surface area contributed by atoms with Crippen LogP contribution in [0.5, 0.6) is 0 Å². The van der Waals surface area contributed by atoms with Gasteiger partial charge in [0.05, 0.1) is 34.7 Å². The first-order valence-electron chi connectivity index (χ1n) is 8.25. The Kier molecular flexibility index (Phi) is 3.67. The lowest BCUT2D eigenvalue weighted by Gasteiger charge is -2.19. The van der Waals surface area contributed by atoms with E-state index in [0.717, 1.165) is 24.1 Å². The molecule has 1 fully saturated rings. The Bertz CT molecular complexity index is 946. The number of nitrogens with zero attached hydrogens (tertiary/aromatic N) is 4. The zero-order valence-corrected chi connectivity index (χ0v) is 13.8. The molecule has 0 radical (unpaired) electrons. The highest BCUT2D eigenvalue weighted by atomic mass is 19.1. The number of primary amides is 1. The molecule has 1 aliphatic rings. The summed E-state index contributed by atoms with van der Waals surface area (Å²) in [4.78, 5) is 11.8. The molecule has 0 unspecified atom stereocenters. The van der Waals surface area contributed by atoms with Crippen LogP contribution in [0, 0.1) is 0 Å². The highest BCUT2D eigenvalue weighted by molar-refractivity contribution is 6.02. The molecule has 0 spiro atoms. The molecule has 3 heterocycles. The van der Waals surface area contributed by atoms with Gasteiger partial charge in [-0.1, -0.05) is 0 Å². The van der Waals surface area contributed by atoms with Gasteiger partial charge in [-0.25, -0.2) is 8.91 Å². The Morgan fingerprint density at radius 1 is 1.40 bits per heavy atom. The van der Waals surface area contributed by atoms with Crippen LogP contribution in [0.4, 0.5) is 10.1 Å². The van der Waals surface area contributed by atoms with Crippen molar-refractivity contribution in [2.45, 2.75) is 31.5 Å². The van der Waals surface area contributed by atoms with E-state index in [9.17, 15) is 9.18 Å². The normalized spacial score (nSPS) is 20.2. The first-order chi connectivity index (χ1) is 12.0. The molecular weight excluding hydrogens is 323 g/mol. The van der Waals surface area contributed by atoms with Gasteiger partial charge in [-0.05, 0) is 31.4 Å². The number of rotatable bonds is 4. The fourth-order valence-electron chi connectivity index (χ4n) is 3.46. The first-order valence-corrected chi connectivity index (χ1v) is 8.25. The number of alkyl halides is 1. The third kappa shape index (κ3) is 2.63. The number of anilines is 1. The van der Waals surface area contributed by atoms with E-state index in [1.165, 1.54) is 6.20 Å². The lowest BCUT2D eigenvalue weighted by atomic mass is 10.1. The number of amides is 1. The summed E-state index contributed by atoms with van der Waals surface area (Å²) in [5.74, 6) is -0.589. The quantitative estimate of drug-likeness (QED) is 0.760. The molecule has 3 N–H and O–H groups in total. The molecular formula is C17H19FN6O. The van der Waals surface area contributed by atoms with Gasteiger partial charge in [0.25, 0.3) is 5.91 Å². The van der Waals surface area contributed by atoms with Crippen LogP contribution in [0.15, 0.2) is 30.7 Å². The molecule has 2 atom stereocenters. The van der Waals surface area contributed by atoms with Crippen molar-refractivity contribution in [1.29, 1.82) is 0 Å². The number of hydrogen-bond acceptors (Lipinski definition) is 4. The monoisotopic (exact) mass is 342 g/mol. The SMILES string of the molecule is Cn1nccc1-c1cc2c(N[C@@H]3CCC[C@@H]3F)c(C(N)=O)cnn2c1. The number of carbonyl (C=O) groups is 1. The third-order valence-corrected chi connectivity index (χ3v) is 4.78. The van der Waals surface area contributed by atoms with Gasteiger partial charge in [0, 0.05) is 25.0 Å². The van der Waals surface area contributed by atoms with Crippen LogP contribution in [0.3, 0.4) is 0 Å². The molecule has 25 heavy (non-hydrogen) atoms. The van der Waals surface area contributed by atoms with E-state index in [1.54, 1.807) is 15.4 Å². The maximum atomic E-state index is 14.1. The summed E-state index contributed by atoms with van der Waals surface area (Å²) in [7, 11) is 1.85. The van der Waals surface area contributed by atoms with Crippen molar-refractivity contribution >= 4 is 17.1 Å². The van der Waals surface area contributed by atoms with E-state index in [-0.39, 0.29) is 11.6 Å². The molecule has 3 aromatic heterocycles. The number of aromatic nitrogens is 4. The summed E-state index contributed by atoms with van der Waals surface area (Å²) in [6.45, 7) is 0. The van der Waals surface area contributed by atoms with Crippen molar-refractivity contribution in [1.82, 2.24) is 19.4 Å². The molecule has 1 aliphatic carbocycles. The predicted octanol–water partition coefficient (Wildman–Crippen LogP) is 2.14. The van der Waals surface area contributed by atoms with Gasteiger partial charge in [0.15, 0.2) is 0 Å². The van der Waals surface area contributed by atoms with Gasteiger partial charge < -0.3 is 11.1 Å². The van der Waals surface area contributed by atoms with Crippen LogP contribution in [0.1, 0.15) is 29.6 Å². The minimum atomic E-state index is -0.930. The number of hydrogen-bond donors (Lipinski definition) is 2. The zero-order valence-electron chi connectivity index (χ0n) is 13.8. The van der Waals surface area contributed by atoms with Crippen LogP contribution >= 0.6 is 0 Å². The highest BCUT2D eigenvalue weighted by Gasteiger charge is 2.29. The molecule has 8 heteroatoms. The van der Waals surface area contributed by atoms with Gasteiger partial charge in [-0.2, -0.15) is 10.2 Å². The van der Waals surface area contributed by atoms with Crippen molar-refractivity contribution in [2.24, 2.45) is 12.8 Å². The summed E-state index contributed by atoms with van der Waals surface area (Å²) >= 11 is 0. The fourth-order valence-corrected chi connectivity index (χ4v) is 3.46. The largest absolute Gasteiger partial charge is 0.377 e. The standard InChI is InChI=1S/C17H19FN6O/c1-23-14(5-6-20-23)10-7-15-16(22-13-4-2-3-12(13)18)11(17(19)25)8-21-24(15)9-10/h5-9,12-13,22H,2-4H2,1H3,(H2,19,25)/t12-,13+/m0/s1. The van der Waals surface area contributed by atoms with Gasteiger partial charge in [-0.3, -0.25) is 9.48 Å². The molecule has 0 saturated heterocycles. The molecule has 0 aliphatic heterocycles. The molecule has 130 valence electrons. The minimum absolute atomic E-state index is 0.265. The zero-order chi connectivity index (χ0) is 17.6. The predicted molar refractivity (Wildman–Crippen MR) is 92.1 cm³/mol. The molecule has 1 amide bonds. The van der Waals surface area contributed by atoms with Crippen LogP contribution in [0.2, 0.25) is 0 Å². The Balaban J connectivity index is 1.85. The van der Waals surface area contributed by atoms with Crippen molar-refractivity contribution in [3.8, 4) is 11.3 Å². The number of aryl methyl sites for hydroxylation is 1. The average Bonchev–Trinajstić information content (AvgIpc) is 3.27. The molecule has 1 saturated carbocycles. The van der Waals surface area contributed by atoms with Crippen LogP contribution < -0.4 is 11.1 Å². The Labute approximate surface area is 143 Å². The topological polar surface area (TPSA) is 90.2 Å². The van der Waals surface area contributed by atoms with E-state index in [0.29, 0.717) is 17.6 Å². The van der Waals surface area contributed by atoms with Crippen molar-refractivity contribution in [3.63, 3.8) is 0 Å². The lowest BCUT2D eigenvalue weighted by Crippen LogP contribution is -2.27. The Hall–Kier alpha value is -2.90. The molecule has 7 nitrogen and oxygen atoms in total. The third-order valence-electron chi connectivity index (χ3n) is 4.78. The number of fused-ring (bicyclic) bond motifs is 1. The van der Waals surface area contributed by atoms with Gasteiger partial charge in [-0.15, -0.1) is 0 Å². The maximum Gasteiger partial charge on any atom is 0.252 e. The fraction of sp³-hybridized carbons (Fsp3) is 0.353. The summed E-state index contributed by atoms with van der Waals surface area (Å²) in [5, 5.41) is 11.6. The van der Waals surface area contributed by atoms with E-state index in [4.69, 9.17) is 5.73 Å². The van der Waals surface area contributed by atoms with E-state index >= 15 is 0 Å².